The average molecular weight is 431 g/mol. The second kappa shape index (κ2) is 8.47. The largest absolute Gasteiger partial charge is 0.496 e. The average Bonchev–Trinajstić information content (AvgIpc) is 3.25. The van der Waals surface area contributed by atoms with Gasteiger partial charge in [-0.1, -0.05) is 30.3 Å². The molecule has 2 aromatic carbocycles. The summed E-state index contributed by atoms with van der Waals surface area (Å²) >= 11 is 0. The highest BCUT2D eigenvalue weighted by Crippen LogP contribution is 2.32. The van der Waals surface area contributed by atoms with Crippen molar-refractivity contribution in [3.05, 3.63) is 66.4 Å². The summed E-state index contributed by atoms with van der Waals surface area (Å²) in [6.07, 6.45) is 2.07. The molecule has 3 heterocycles. The van der Waals surface area contributed by atoms with Crippen LogP contribution in [0, 0.1) is 0 Å². The van der Waals surface area contributed by atoms with E-state index in [2.05, 4.69) is 16.4 Å². The highest BCUT2D eigenvalue weighted by atomic mass is 16.5. The first-order valence-corrected chi connectivity index (χ1v) is 10.7. The van der Waals surface area contributed by atoms with Gasteiger partial charge in [0.05, 0.1) is 18.8 Å². The molecule has 1 atom stereocenters. The molecule has 3 aromatic rings. The van der Waals surface area contributed by atoms with Crippen molar-refractivity contribution in [3.63, 3.8) is 0 Å². The predicted molar refractivity (Wildman–Crippen MR) is 119 cm³/mol. The van der Waals surface area contributed by atoms with Crippen molar-refractivity contribution in [2.75, 3.05) is 33.3 Å². The molecule has 2 amide bonds. The van der Waals surface area contributed by atoms with E-state index in [9.17, 15) is 9.59 Å². The molecule has 1 unspecified atom stereocenters. The van der Waals surface area contributed by atoms with Crippen LogP contribution in [-0.2, 0) is 16.1 Å². The van der Waals surface area contributed by atoms with Crippen LogP contribution in [0.5, 0.6) is 5.75 Å². The van der Waals surface area contributed by atoms with Gasteiger partial charge >= 0.3 is 11.8 Å². The maximum absolute atomic E-state index is 12.2. The predicted octanol–water partition coefficient (Wildman–Crippen LogP) is 1.69. The molecule has 5 rings (SSSR count). The highest BCUT2D eigenvalue weighted by Gasteiger charge is 2.37. The maximum Gasteiger partial charge on any atom is 0.312 e. The number of hydrogen-bond donors (Lipinski definition) is 1. The summed E-state index contributed by atoms with van der Waals surface area (Å²) in [6, 6.07) is 17.9. The van der Waals surface area contributed by atoms with Crippen molar-refractivity contribution in [3.8, 4) is 22.7 Å². The number of piperazine rings is 2. The van der Waals surface area contributed by atoms with Crippen LogP contribution < -0.4 is 10.1 Å². The minimum atomic E-state index is -0.503. The van der Waals surface area contributed by atoms with Crippen LogP contribution in [0.25, 0.3) is 16.9 Å². The molecule has 0 radical (unpaired) electrons. The van der Waals surface area contributed by atoms with Crippen LogP contribution in [-0.4, -0.2) is 70.7 Å². The molecule has 0 aliphatic carbocycles. The Bertz CT molecular complexity index is 1140. The van der Waals surface area contributed by atoms with Gasteiger partial charge in [0, 0.05) is 50.0 Å². The number of nitrogens with zero attached hydrogens (tertiary/aromatic N) is 4. The minimum absolute atomic E-state index is 0.00664. The van der Waals surface area contributed by atoms with Crippen LogP contribution >= 0.6 is 0 Å². The number of rotatable bonds is 5. The molecule has 164 valence electrons. The number of aromatic nitrogens is 2. The van der Waals surface area contributed by atoms with Crippen LogP contribution in [0.15, 0.2) is 60.8 Å². The van der Waals surface area contributed by atoms with E-state index in [0.29, 0.717) is 32.7 Å². The minimum Gasteiger partial charge on any atom is -0.496 e. The normalized spacial score (nSPS) is 18.9. The number of carbonyl (C=O) groups is 2. The summed E-state index contributed by atoms with van der Waals surface area (Å²) in [5.74, 6) is -0.151. The zero-order valence-electron chi connectivity index (χ0n) is 17.9. The Labute approximate surface area is 186 Å². The molecule has 2 fully saturated rings. The number of benzene rings is 2. The first-order chi connectivity index (χ1) is 15.6. The summed E-state index contributed by atoms with van der Waals surface area (Å²) in [7, 11) is 1.67. The Morgan fingerprint density at radius 2 is 1.84 bits per heavy atom. The Kier molecular flexibility index (Phi) is 5.36. The number of methoxy groups -OCH3 is 1. The van der Waals surface area contributed by atoms with Gasteiger partial charge in [0.25, 0.3) is 0 Å². The third-order valence-corrected chi connectivity index (χ3v) is 6.09. The third-order valence-electron chi connectivity index (χ3n) is 6.09. The van der Waals surface area contributed by atoms with E-state index in [1.807, 2.05) is 59.3 Å². The summed E-state index contributed by atoms with van der Waals surface area (Å²) in [4.78, 5) is 27.9. The van der Waals surface area contributed by atoms with Crippen molar-refractivity contribution >= 4 is 11.8 Å². The van der Waals surface area contributed by atoms with Crippen molar-refractivity contribution in [2.24, 2.45) is 0 Å². The van der Waals surface area contributed by atoms with Gasteiger partial charge in [-0.15, -0.1) is 0 Å². The molecular formula is C24H25N5O3. The monoisotopic (exact) mass is 431 g/mol. The molecule has 2 saturated heterocycles. The number of para-hydroxylation sites is 2. The number of ether oxygens (including phenoxy) is 1. The highest BCUT2D eigenvalue weighted by molar-refractivity contribution is 6.35. The van der Waals surface area contributed by atoms with E-state index in [1.165, 1.54) is 0 Å². The summed E-state index contributed by atoms with van der Waals surface area (Å²) in [5.41, 5.74) is 3.89. The number of fused-ring (bicyclic) bond motifs is 1. The fourth-order valence-corrected chi connectivity index (χ4v) is 4.47. The van der Waals surface area contributed by atoms with E-state index in [-0.39, 0.29) is 6.04 Å². The third kappa shape index (κ3) is 3.73. The Morgan fingerprint density at radius 3 is 2.66 bits per heavy atom. The fourth-order valence-electron chi connectivity index (χ4n) is 4.47. The van der Waals surface area contributed by atoms with Gasteiger partial charge in [0.1, 0.15) is 11.4 Å². The SMILES string of the molecule is COc1ccccc1-c1nn(-c2ccccc2)cc1CN1CCN2C(=O)C(=O)NCC2C1. The first-order valence-electron chi connectivity index (χ1n) is 10.7. The number of carbonyl (C=O) groups excluding carboxylic acids is 2. The molecule has 0 spiro atoms. The first kappa shape index (κ1) is 20.3. The van der Waals surface area contributed by atoms with Gasteiger partial charge in [-0.25, -0.2) is 4.68 Å². The summed E-state index contributed by atoms with van der Waals surface area (Å²) in [6.45, 7) is 3.13. The smallest absolute Gasteiger partial charge is 0.312 e. The summed E-state index contributed by atoms with van der Waals surface area (Å²) in [5, 5.41) is 7.62. The van der Waals surface area contributed by atoms with Gasteiger partial charge in [0.15, 0.2) is 0 Å². The van der Waals surface area contributed by atoms with Gasteiger partial charge in [-0.2, -0.15) is 5.10 Å². The van der Waals surface area contributed by atoms with E-state index in [4.69, 9.17) is 9.84 Å². The maximum atomic E-state index is 12.2. The number of hydrogen-bond acceptors (Lipinski definition) is 5. The topological polar surface area (TPSA) is 79.7 Å². The van der Waals surface area contributed by atoms with E-state index in [0.717, 1.165) is 28.3 Å². The lowest BCUT2D eigenvalue weighted by Gasteiger charge is -2.43. The van der Waals surface area contributed by atoms with E-state index in [1.54, 1.807) is 12.0 Å². The lowest BCUT2D eigenvalue weighted by atomic mass is 10.0. The van der Waals surface area contributed by atoms with Crippen LogP contribution in [0.1, 0.15) is 5.56 Å². The molecular weight excluding hydrogens is 406 g/mol. The van der Waals surface area contributed by atoms with Gasteiger partial charge in [-0.3, -0.25) is 14.5 Å². The van der Waals surface area contributed by atoms with Gasteiger partial charge in [-0.05, 0) is 24.3 Å². The molecule has 2 aliphatic heterocycles. The zero-order chi connectivity index (χ0) is 22.1. The Morgan fingerprint density at radius 1 is 1.06 bits per heavy atom. The van der Waals surface area contributed by atoms with Gasteiger partial charge in [0.2, 0.25) is 0 Å². The molecule has 0 saturated carbocycles. The Balaban J connectivity index is 1.46. The molecule has 0 bridgehead atoms. The van der Waals surface area contributed by atoms with Crippen molar-refractivity contribution in [2.45, 2.75) is 12.6 Å². The van der Waals surface area contributed by atoms with Crippen molar-refractivity contribution in [1.29, 1.82) is 0 Å². The molecule has 8 nitrogen and oxygen atoms in total. The van der Waals surface area contributed by atoms with E-state index < -0.39 is 11.8 Å². The zero-order valence-corrected chi connectivity index (χ0v) is 17.9. The fraction of sp³-hybridized carbons (Fsp3) is 0.292. The summed E-state index contributed by atoms with van der Waals surface area (Å²) < 4.78 is 7.51. The lowest BCUT2D eigenvalue weighted by Crippen LogP contribution is -2.65. The molecule has 8 heteroatoms. The molecule has 1 N–H and O–H groups in total. The molecule has 32 heavy (non-hydrogen) atoms. The lowest BCUT2D eigenvalue weighted by molar-refractivity contribution is -0.152. The van der Waals surface area contributed by atoms with Crippen LogP contribution in [0.4, 0.5) is 0 Å². The Hall–Kier alpha value is -3.65. The van der Waals surface area contributed by atoms with Crippen LogP contribution in [0.2, 0.25) is 0 Å². The molecule has 2 aliphatic rings. The second-order valence-corrected chi connectivity index (χ2v) is 8.08. The van der Waals surface area contributed by atoms with Gasteiger partial charge < -0.3 is 15.0 Å². The standard InChI is InChI=1S/C24H25N5O3/c1-32-21-10-6-5-9-20(21)22-17(15-29(26-22)18-7-3-2-4-8-18)14-27-11-12-28-19(16-27)13-25-23(30)24(28)31/h2-10,15,19H,11-14,16H2,1H3,(H,25,30). The number of amides is 2. The second-order valence-electron chi connectivity index (χ2n) is 8.08. The molecule has 1 aromatic heterocycles. The number of nitrogens with one attached hydrogen (secondary N) is 1. The van der Waals surface area contributed by atoms with Crippen molar-refractivity contribution < 1.29 is 14.3 Å². The van der Waals surface area contributed by atoms with Crippen molar-refractivity contribution in [1.82, 2.24) is 24.9 Å². The van der Waals surface area contributed by atoms with Crippen LogP contribution in [0.3, 0.4) is 0 Å². The van der Waals surface area contributed by atoms with E-state index >= 15 is 0 Å². The quantitative estimate of drug-likeness (QED) is 0.622.